The molecule has 0 aromatic rings. The highest BCUT2D eigenvalue weighted by molar-refractivity contribution is 7.87. The lowest BCUT2D eigenvalue weighted by atomic mass is 10.0. The highest BCUT2D eigenvalue weighted by Gasteiger charge is 2.23. The Kier molecular flexibility index (Phi) is 20.4. The molecule has 0 radical (unpaired) electrons. The van der Waals surface area contributed by atoms with Gasteiger partial charge in [0.25, 0.3) is 10.1 Å². The van der Waals surface area contributed by atoms with Gasteiger partial charge in [0.15, 0.2) is 5.75 Å². The number of ether oxygens (including phenoxy) is 1. The molecular formula is C24H49NO6S. The molecule has 0 aliphatic rings. The second kappa shape index (κ2) is 20.9. The molecule has 0 bridgehead atoms. The van der Waals surface area contributed by atoms with Gasteiger partial charge in [-0.2, -0.15) is 8.42 Å². The average Bonchev–Trinajstić information content (AvgIpc) is 2.75. The zero-order chi connectivity index (χ0) is 24.1. The molecule has 0 spiro atoms. The first-order chi connectivity index (χ1) is 15.4. The quantitative estimate of drug-likeness (QED) is 0.162. The van der Waals surface area contributed by atoms with Crippen molar-refractivity contribution in [1.82, 2.24) is 5.32 Å². The van der Waals surface area contributed by atoms with E-state index in [-0.39, 0.29) is 31.8 Å². The predicted molar refractivity (Wildman–Crippen MR) is 130 cm³/mol. The first kappa shape index (κ1) is 31.3. The minimum absolute atomic E-state index is 0.122. The molecule has 0 heterocycles. The van der Waals surface area contributed by atoms with Crippen molar-refractivity contribution < 1.29 is 27.2 Å². The van der Waals surface area contributed by atoms with Crippen LogP contribution in [0.3, 0.4) is 0 Å². The summed E-state index contributed by atoms with van der Waals surface area (Å²) in [6.07, 6.45) is 17.4. The van der Waals surface area contributed by atoms with E-state index in [9.17, 15) is 13.2 Å². The van der Waals surface area contributed by atoms with E-state index in [1.165, 1.54) is 70.6 Å². The van der Waals surface area contributed by atoms with E-state index in [2.05, 4.69) is 12.2 Å². The number of nitrogens with one attached hydrogen (secondary N) is 1. The van der Waals surface area contributed by atoms with Gasteiger partial charge in [-0.15, -0.1) is 0 Å². The van der Waals surface area contributed by atoms with E-state index in [0.717, 1.165) is 19.3 Å². The van der Waals surface area contributed by atoms with Crippen LogP contribution in [-0.2, 0) is 23.8 Å². The molecule has 2 N–H and O–H groups in total. The average molecular weight is 480 g/mol. The number of unbranched alkanes of at least 4 members (excludes halogenated alkanes) is 12. The number of carbonyl (C=O) groups is 1. The normalized spacial score (nSPS) is 13.8. The van der Waals surface area contributed by atoms with Crippen molar-refractivity contribution in [3.05, 3.63) is 0 Å². The number of hydrogen-bond acceptors (Lipinski definition) is 6. The van der Waals surface area contributed by atoms with Crippen LogP contribution in [-0.4, -0.2) is 57.7 Å². The maximum Gasteiger partial charge on any atom is 0.276 e. The van der Waals surface area contributed by atoms with Crippen molar-refractivity contribution in [2.45, 2.75) is 122 Å². The maximum absolute atomic E-state index is 12.2. The number of hydrogen-bond donors (Lipinski definition) is 2. The van der Waals surface area contributed by atoms with Gasteiger partial charge < -0.3 is 15.2 Å². The zero-order valence-electron chi connectivity index (χ0n) is 20.8. The van der Waals surface area contributed by atoms with Gasteiger partial charge in [0, 0.05) is 13.7 Å². The van der Waals surface area contributed by atoms with Gasteiger partial charge in [0.2, 0.25) is 5.91 Å². The topological polar surface area (TPSA) is 102 Å². The third kappa shape index (κ3) is 18.8. The largest absolute Gasteiger partial charge is 0.396 e. The summed E-state index contributed by atoms with van der Waals surface area (Å²) < 4.78 is 33.7. The smallest absolute Gasteiger partial charge is 0.276 e. The fourth-order valence-electron chi connectivity index (χ4n) is 3.67. The monoisotopic (exact) mass is 479 g/mol. The predicted octanol–water partition coefficient (Wildman–Crippen LogP) is 4.72. The van der Waals surface area contributed by atoms with E-state index in [4.69, 9.17) is 14.0 Å². The molecule has 2 atom stereocenters. The van der Waals surface area contributed by atoms with Crippen molar-refractivity contribution in [3.8, 4) is 0 Å². The van der Waals surface area contributed by atoms with Crippen LogP contribution in [0.1, 0.15) is 110 Å². The summed E-state index contributed by atoms with van der Waals surface area (Å²) in [6, 6.07) is -0.229. The summed E-state index contributed by atoms with van der Waals surface area (Å²) in [4.78, 5) is 12.2. The lowest BCUT2D eigenvalue weighted by molar-refractivity contribution is -0.120. The second-order valence-electron chi connectivity index (χ2n) is 8.75. The summed E-state index contributed by atoms with van der Waals surface area (Å²) in [5.41, 5.74) is 0. The number of rotatable bonds is 23. The standard InChI is InChI=1S/C24H49NO6S/c1-4-5-6-7-8-9-10-11-12-13-14-15-16-18-23(22(2)30-3)25-24(27)21-32(28,29)31-20-17-19-26/h22-23,26H,4-21H2,1-3H3,(H,25,27). The molecule has 0 aliphatic heterocycles. The van der Waals surface area contributed by atoms with Gasteiger partial charge in [0.1, 0.15) is 0 Å². The summed E-state index contributed by atoms with van der Waals surface area (Å²) >= 11 is 0. The van der Waals surface area contributed by atoms with E-state index in [1.807, 2.05) is 6.92 Å². The summed E-state index contributed by atoms with van der Waals surface area (Å²) in [5, 5.41) is 11.5. The van der Waals surface area contributed by atoms with Crippen molar-refractivity contribution >= 4 is 16.0 Å². The van der Waals surface area contributed by atoms with Crippen LogP contribution < -0.4 is 5.32 Å². The SMILES string of the molecule is CCCCCCCCCCCCCCCC(NC(=O)CS(=O)(=O)OCCCO)C(C)OC. The van der Waals surface area contributed by atoms with E-state index < -0.39 is 21.8 Å². The Morgan fingerprint density at radius 2 is 1.38 bits per heavy atom. The van der Waals surface area contributed by atoms with Crippen LogP contribution in [0, 0.1) is 0 Å². The zero-order valence-corrected chi connectivity index (χ0v) is 21.6. The van der Waals surface area contributed by atoms with Gasteiger partial charge in [-0.1, -0.05) is 90.4 Å². The second-order valence-corrected chi connectivity index (χ2v) is 10.4. The lowest BCUT2D eigenvalue weighted by Gasteiger charge is -2.24. The Morgan fingerprint density at radius 3 is 1.84 bits per heavy atom. The summed E-state index contributed by atoms with van der Waals surface area (Å²) in [5.74, 6) is -1.30. The van der Waals surface area contributed by atoms with Gasteiger partial charge >= 0.3 is 0 Å². The molecule has 32 heavy (non-hydrogen) atoms. The molecule has 2 unspecified atom stereocenters. The molecule has 192 valence electrons. The number of aliphatic hydroxyl groups excluding tert-OH is 1. The molecule has 0 saturated heterocycles. The van der Waals surface area contributed by atoms with Gasteiger partial charge in [-0.3, -0.25) is 8.98 Å². The fraction of sp³-hybridized carbons (Fsp3) is 0.958. The first-order valence-electron chi connectivity index (χ1n) is 12.7. The molecule has 0 aromatic heterocycles. The van der Waals surface area contributed by atoms with Crippen LogP contribution >= 0.6 is 0 Å². The fourth-order valence-corrected chi connectivity index (χ4v) is 4.53. The molecule has 0 saturated carbocycles. The first-order valence-corrected chi connectivity index (χ1v) is 14.2. The number of aliphatic hydroxyl groups is 1. The molecule has 0 fully saturated rings. The third-order valence-electron chi connectivity index (χ3n) is 5.78. The minimum atomic E-state index is -3.94. The van der Waals surface area contributed by atoms with Gasteiger partial charge in [-0.25, -0.2) is 0 Å². The lowest BCUT2D eigenvalue weighted by Crippen LogP contribution is -2.45. The van der Waals surface area contributed by atoms with E-state index in [0.29, 0.717) is 0 Å². The minimum Gasteiger partial charge on any atom is -0.396 e. The Balaban J connectivity index is 3.97. The molecule has 8 heteroatoms. The van der Waals surface area contributed by atoms with Crippen LogP contribution in [0.4, 0.5) is 0 Å². The Hall–Kier alpha value is -0.700. The van der Waals surface area contributed by atoms with E-state index in [1.54, 1.807) is 7.11 Å². The number of carbonyl (C=O) groups excluding carboxylic acids is 1. The van der Waals surface area contributed by atoms with Crippen molar-refractivity contribution in [2.75, 3.05) is 26.1 Å². The Bertz CT molecular complexity index is 541. The van der Waals surface area contributed by atoms with Crippen molar-refractivity contribution in [1.29, 1.82) is 0 Å². The summed E-state index contributed by atoms with van der Waals surface area (Å²) in [6.45, 7) is 3.84. The highest BCUT2D eigenvalue weighted by atomic mass is 32.2. The van der Waals surface area contributed by atoms with Crippen molar-refractivity contribution in [3.63, 3.8) is 0 Å². The molecule has 0 aromatic carbocycles. The van der Waals surface area contributed by atoms with Crippen LogP contribution in [0.2, 0.25) is 0 Å². The van der Waals surface area contributed by atoms with Gasteiger partial charge in [-0.05, 0) is 19.8 Å². The Morgan fingerprint density at radius 1 is 0.875 bits per heavy atom. The molecule has 0 rings (SSSR count). The maximum atomic E-state index is 12.2. The number of amides is 1. The molecule has 7 nitrogen and oxygen atoms in total. The molecule has 1 amide bonds. The summed E-state index contributed by atoms with van der Waals surface area (Å²) in [7, 11) is -2.36. The third-order valence-corrected chi connectivity index (χ3v) is 6.92. The van der Waals surface area contributed by atoms with Gasteiger partial charge in [0.05, 0.1) is 18.8 Å². The van der Waals surface area contributed by atoms with Crippen LogP contribution in [0.25, 0.3) is 0 Å². The van der Waals surface area contributed by atoms with E-state index >= 15 is 0 Å². The molecular weight excluding hydrogens is 430 g/mol. The van der Waals surface area contributed by atoms with Crippen LogP contribution in [0.5, 0.6) is 0 Å². The molecule has 0 aliphatic carbocycles. The highest BCUT2D eigenvalue weighted by Crippen LogP contribution is 2.14. The van der Waals surface area contributed by atoms with Crippen molar-refractivity contribution in [2.24, 2.45) is 0 Å². The number of methoxy groups -OCH3 is 1. The van der Waals surface area contributed by atoms with Crippen LogP contribution in [0.15, 0.2) is 0 Å². The Labute approximate surface area is 197 Å².